The van der Waals surface area contributed by atoms with Gasteiger partial charge in [0.05, 0.1) is 0 Å². The molecule has 0 radical (unpaired) electrons. The topological polar surface area (TPSA) is 29.3 Å². The van der Waals surface area contributed by atoms with Crippen molar-refractivity contribution in [2.24, 2.45) is 5.73 Å². The Hall–Kier alpha value is -0.380. The predicted molar refractivity (Wildman–Crippen MR) is 61.7 cm³/mol. The molecular formula is C11H18N2S. The fourth-order valence-corrected chi connectivity index (χ4v) is 3.05. The lowest BCUT2D eigenvalue weighted by molar-refractivity contribution is 0.330. The van der Waals surface area contributed by atoms with Crippen molar-refractivity contribution in [2.45, 2.75) is 32.9 Å². The Balaban J connectivity index is 1.97. The van der Waals surface area contributed by atoms with E-state index in [1.807, 2.05) is 11.3 Å². The van der Waals surface area contributed by atoms with Gasteiger partial charge >= 0.3 is 0 Å². The number of thiophene rings is 1. The molecule has 2 N–H and O–H groups in total. The van der Waals surface area contributed by atoms with Gasteiger partial charge in [0, 0.05) is 35.4 Å². The van der Waals surface area contributed by atoms with Crippen LogP contribution < -0.4 is 5.73 Å². The SMILES string of the molecule is Cc1cc(CN2CCC(N)C2)sc1C. The van der Waals surface area contributed by atoms with Crippen molar-refractivity contribution in [2.75, 3.05) is 13.1 Å². The lowest BCUT2D eigenvalue weighted by Crippen LogP contribution is -2.25. The largest absolute Gasteiger partial charge is 0.326 e. The zero-order valence-corrected chi connectivity index (χ0v) is 9.73. The number of hydrogen-bond donors (Lipinski definition) is 1. The van der Waals surface area contributed by atoms with Crippen molar-refractivity contribution < 1.29 is 0 Å². The number of nitrogens with two attached hydrogens (primary N) is 1. The summed E-state index contributed by atoms with van der Waals surface area (Å²) in [6, 6.07) is 2.71. The molecule has 0 saturated carbocycles. The summed E-state index contributed by atoms with van der Waals surface area (Å²) in [6.07, 6.45) is 1.16. The summed E-state index contributed by atoms with van der Waals surface area (Å²) in [7, 11) is 0. The molecule has 1 aliphatic rings. The molecule has 2 heterocycles. The molecule has 78 valence electrons. The Kier molecular flexibility index (Phi) is 2.91. The van der Waals surface area contributed by atoms with Crippen LogP contribution in [0.2, 0.25) is 0 Å². The predicted octanol–water partition coefficient (Wildman–Crippen LogP) is 1.90. The maximum absolute atomic E-state index is 5.88. The summed E-state index contributed by atoms with van der Waals surface area (Å²) in [5.74, 6) is 0. The lowest BCUT2D eigenvalue weighted by atomic mass is 10.3. The van der Waals surface area contributed by atoms with Gasteiger partial charge < -0.3 is 5.73 Å². The van der Waals surface area contributed by atoms with E-state index in [0.29, 0.717) is 6.04 Å². The number of aryl methyl sites for hydroxylation is 2. The second-order valence-corrected chi connectivity index (χ2v) is 5.58. The first-order chi connectivity index (χ1) is 6.65. The molecule has 1 atom stereocenters. The lowest BCUT2D eigenvalue weighted by Gasteiger charge is -2.13. The molecule has 1 aromatic rings. The molecule has 1 saturated heterocycles. The minimum absolute atomic E-state index is 0.400. The molecular weight excluding hydrogens is 192 g/mol. The van der Waals surface area contributed by atoms with Gasteiger partial charge in [-0.15, -0.1) is 11.3 Å². The van der Waals surface area contributed by atoms with Gasteiger partial charge in [-0.05, 0) is 31.9 Å². The molecule has 3 heteroatoms. The average Bonchev–Trinajstić information content (AvgIpc) is 2.62. The number of nitrogens with zero attached hydrogens (tertiary/aromatic N) is 1. The summed E-state index contributed by atoms with van der Waals surface area (Å²) < 4.78 is 0. The number of hydrogen-bond acceptors (Lipinski definition) is 3. The molecule has 0 aromatic carbocycles. The van der Waals surface area contributed by atoms with E-state index < -0.39 is 0 Å². The quantitative estimate of drug-likeness (QED) is 0.808. The Morgan fingerprint density at radius 1 is 1.57 bits per heavy atom. The highest BCUT2D eigenvalue weighted by Gasteiger charge is 2.19. The van der Waals surface area contributed by atoms with E-state index in [1.165, 1.54) is 15.3 Å². The maximum Gasteiger partial charge on any atom is 0.0328 e. The van der Waals surface area contributed by atoms with Gasteiger partial charge in [-0.2, -0.15) is 0 Å². The van der Waals surface area contributed by atoms with Crippen molar-refractivity contribution in [1.29, 1.82) is 0 Å². The molecule has 2 nitrogen and oxygen atoms in total. The minimum Gasteiger partial charge on any atom is -0.326 e. The summed E-state index contributed by atoms with van der Waals surface area (Å²) in [4.78, 5) is 5.38. The van der Waals surface area contributed by atoms with Crippen LogP contribution >= 0.6 is 11.3 Å². The summed E-state index contributed by atoms with van der Waals surface area (Å²) in [5.41, 5.74) is 7.30. The highest BCUT2D eigenvalue weighted by atomic mass is 32.1. The van der Waals surface area contributed by atoms with E-state index in [1.54, 1.807) is 0 Å². The van der Waals surface area contributed by atoms with Crippen LogP contribution in [0, 0.1) is 13.8 Å². The Bertz CT molecular complexity index is 300. The first-order valence-corrected chi connectivity index (χ1v) is 6.00. The molecule has 14 heavy (non-hydrogen) atoms. The number of likely N-dealkylation sites (tertiary alicyclic amines) is 1. The summed E-state index contributed by atoms with van der Waals surface area (Å²) in [6.45, 7) is 7.70. The highest BCUT2D eigenvalue weighted by molar-refractivity contribution is 7.12. The van der Waals surface area contributed by atoms with Crippen molar-refractivity contribution in [3.05, 3.63) is 21.4 Å². The third kappa shape index (κ3) is 2.16. The zero-order valence-electron chi connectivity index (χ0n) is 8.92. The monoisotopic (exact) mass is 210 g/mol. The van der Waals surface area contributed by atoms with Crippen molar-refractivity contribution in [1.82, 2.24) is 4.90 Å². The van der Waals surface area contributed by atoms with E-state index in [4.69, 9.17) is 5.73 Å². The van der Waals surface area contributed by atoms with Crippen LogP contribution in [0.25, 0.3) is 0 Å². The zero-order chi connectivity index (χ0) is 10.1. The molecule has 0 aliphatic carbocycles. The van der Waals surface area contributed by atoms with Crippen LogP contribution in [-0.2, 0) is 6.54 Å². The third-order valence-electron chi connectivity index (χ3n) is 2.91. The van der Waals surface area contributed by atoms with E-state index in [2.05, 4.69) is 24.8 Å². The maximum atomic E-state index is 5.88. The van der Waals surface area contributed by atoms with Crippen LogP contribution in [-0.4, -0.2) is 24.0 Å². The molecule has 0 bridgehead atoms. The molecule has 1 aliphatic heterocycles. The second-order valence-electron chi connectivity index (χ2n) is 4.24. The van der Waals surface area contributed by atoms with Crippen molar-refractivity contribution in [3.63, 3.8) is 0 Å². The van der Waals surface area contributed by atoms with Gasteiger partial charge in [0.15, 0.2) is 0 Å². The average molecular weight is 210 g/mol. The van der Waals surface area contributed by atoms with E-state index in [-0.39, 0.29) is 0 Å². The van der Waals surface area contributed by atoms with Gasteiger partial charge in [-0.3, -0.25) is 4.90 Å². The van der Waals surface area contributed by atoms with Crippen molar-refractivity contribution in [3.8, 4) is 0 Å². The van der Waals surface area contributed by atoms with E-state index >= 15 is 0 Å². The fraction of sp³-hybridized carbons (Fsp3) is 0.636. The minimum atomic E-state index is 0.400. The Morgan fingerprint density at radius 2 is 2.36 bits per heavy atom. The summed E-state index contributed by atoms with van der Waals surface area (Å²) >= 11 is 1.92. The van der Waals surface area contributed by atoms with Crippen LogP contribution in [0.4, 0.5) is 0 Å². The molecule has 1 unspecified atom stereocenters. The Labute approximate surface area is 89.7 Å². The highest BCUT2D eigenvalue weighted by Crippen LogP contribution is 2.23. The van der Waals surface area contributed by atoms with Crippen LogP contribution in [0.1, 0.15) is 21.7 Å². The molecule has 0 spiro atoms. The summed E-state index contributed by atoms with van der Waals surface area (Å²) in [5, 5.41) is 0. The van der Waals surface area contributed by atoms with Crippen molar-refractivity contribution >= 4 is 11.3 Å². The van der Waals surface area contributed by atoms with Crippen LogP contribution in [0.3, 0.4) is 0 Å². The second kappa shape index (κ2) is 4.01. The number of rotatable bonds is 2. The first kappa shape index (κ1) is 10.1. The van der Waals surface area contributed by atoms with Crippen LogP contribution in [0.15, 0.2) is 6.07 Å². The molecule has 1 aromatic heterocycles. The fourth-order valence-electron chi connectivity index (χ4n) is 1.95. The van der Waals surface area contributed by atoms with Crippen LogP contribution in [0.5, 0.6) is 0 Å². The van der Waals surface area contributed by atoms with Gasteiger partial charge in [-0.1, -0.05) is 0 Å². The van der Waals surface area contributed by atoms with Gasteiger partial charge in [0.2, 0.25) is 0 Å². The van der Waals surface area contributed by atoms with Gasteiger partial charge in [0.1, 0.15) is 0 Å². The van der Waals surface area contributed by atoms with Gasteiger partial charge in [0.25, 0.3) is 0 Å². The first-order valence-electron chi connectivity index (χ1n) is 5.19. The Morgan fingerprint density at radius 3 is 2.86 bits per heavy atom. The molecule has 1 fully saturated rings. The normalized spacial score (nSPS) is 23.2. The molecule has 0 amide bonds. The smallest absolute Gasteiger partial charge is 0.0328 e. The van der Waals surface area contributed by atoms with E-state index in [9.17, 15) is 0 Å². The standard InChI is InChI=1S/C11H18N2S/c1-8-5-11(14-9(8)2)7-13-4-3-10(12)6-13/h5,10H,3-4,6-7,12H2,1-2H3. The third-order valence-corrected chi connectivity index (χ3v) is 4.04. The van der Waals surface area contributed by atoms with E-state index in [0.717, 1.165) is 26.1 Å². The van der Waals surface area contributed by atoms with Gasteiger partial charge in [-0.25, -0.2) is 0 Å². The molecule has 2 rings (SSSR count).